The first kappa shape index (κ1) is 17.7. The first-order chi connectivity index (χ1) is 14.1. The van der Waals surface area contributed by atoms with Crippen LogP contribution in [-0.4, -0.2) is 32.5 Å². The zero-order chi connectivity index (χ0) is 20.0. The third kappa shape index (κ3) is 3.54. The molecule has 1 saturated heterocycles. The highest BCUT2D eigenvalue weighted by molar-refractivity contribution is 6.33. The molecule has 3 heterocycles. The topological polar surface area (TPSA) is 100 Å². The van der Waals surface area contributed by atoms with Gasteiger partial charge in [-0.25, -0.2) is 4.98 Å². The van der Waals surface area contributed by atoms with Crippen LogP contribution in [0.25, 0.3) is 11.7 Å². The molecular formula is C20H17ClN6O2. The average molecular weight is 409 g/mol. The number of nitrogens with zero attached hydrogens (tertiary/aromatic N) is 3. The van der Waals surface area contributed by atoms with Crippen molar-refractivity contribution in [2.24, 2.45) is 0 Å². The predicted molar refractivity (Wildman–Crippen MR) is 110 cm³/mol. The molecule has 0 spiro atoms. The van der Waals surface area contributed by atoms with E-state index in [0.29, 0.717) is 33.7 Å². The number of carbonyl (C=O) groups excluding carboxylic acids is 2. The maximum absolute atomic E-state index is 11.9. The summed E-state index contributed by atoms with van der Waals surface area (Å²) in [5.41, 5.74) is 2.37. The molecule has 1 aliphatic heterocycles. The van der Waals surface area contributed by atoms with Gasteiger partial charge in [0.05, 0.1) is 23.3 Å². The maximum Gasteiger partial charge on any atom is 0.254 e. The van der Waals surface area contributed by atoms with E-state index in [2.05, 4.69) is 26.0 Å². The fourth-order valence-corrected chi connectivity index (χ4v) is 3.38. The lowest BCUT2D eigenvalue weighted by Crippen LogP contribution is -2.19. The van der Waals surface area contributed by atoms with E-state index in [4.69, 9.17) is 11.6 Å². The van der Waals surface area contributed by atoms with Crippen LogP contribution in [-0.2, 0) is 9.59 Å². The Bertz CT molecular complexity index is 1180. The van der Waals surface area contributed by atoms with Crippen LogP contribution in [0, 0.1) is 0 Å². The van der Waals surface area contributed by atoms with Crippen molar-refractivity contribution < 1.29 is 9.59 Å². The monoisotopic (exact) mass is 408 g/mol. The molecule has 2 amide bonds. The van der Waals surface area contributed by atoms with E-state index in [1.54, 1.807) is 22.9 Å². The molecule has 2 aliphatic rings. The summed E-state index contributed by atoms with van der Waals surface area (Å²) in [5, 5.41) is 14.0. The van der Waals surface area contributed by atoms with Crippen LogP contribution < -0.4 is 16.0 Å². The second kappa shape index (κ2) is 6.89. The third-order valence-electron chi connectivity index (χ3n) is 4.79. The molecule has 9 heteroatoms. The van der Waals surface area contributed by atoms with Gasteiger partial charge in [0.15, 0.2) is 5.65 Å². The van der Waals surface area contributed by atoms with E-state index < -0.39 is 0 Å². The second-order valence-corrected chi connectivity index (χ2v) is 7.52. The van der Waals surface area contributed by atoms with Gasteiger partial charge in [0.25, 0.3) is 5.91 Å². The highest BCUT2D eigenvalue weighted by atomic mass is 35.5. The van der Waals surface area contributed by atoms with Gasteiger partial charge >= 0.3 is 0 Å². The SMILES string of the molecule is O=C1C/C(=C\c2cnn3c(NC4CC4)cc(Nc4ccccc4Cl)nc23)C(=O)N1. The van der Waals surface area contributed by atoms with Crippen molar-refractivity contribution in [3.63, 3.8) is 0 Å². The van der Waals surface area contributed by atoms with Crippen molar-refractivity contribution in [1.29, 1.82) is 0 Å². The highest BCUT2D eigenvalue weighted by Crippen LogP contribution is 2.30. The van der Waals surface area contributed by atoms with Gasteiger partial charge in [-0.15, -0.1) is 0 Å². The van der Waals surface area contributed by atoms with Crippen LogP contribution in [0.2, 0.25) is 5.02 Å². The molecule has 0 radical (unpaired) electrons. The molecule has 1 aromatic carbocycles. The molecule has 2 fully saturated rings. The Kier molecular flexibility index (Phi) is 4.21. The first-order valence-corrected chi connectivity index (χ1v) is 9.66. The van der Waals surface area contributed by atoms with E-state index in [1.165, 1.54) is 0 Å². The summed E-state index contributed by atoms with van der Waals surface area (Å²) in [7, 11) is 0. The highest BCUT2D eigenvalue weighted by Gasteiger charge is 2.25. The number of benzene rings is 1. The third-order valence-corrected chi connectivity index (χ3v) is 5.12. The Morgan fingerprint density at radius 2 is 2.07 bits per heavy atom. The Hall–Kier alpha value is -3.39. The van der Waals surface area contributed by atoms with Gasteiger partial charge in [-0.1, -0.05) is 23.7 Å². The van der Waals surface area contributed by atoms with Crippen molar-refractivity contribution in [3.8, 4) is 0 Å². The van der Waals surface area contributed by atoms with E-state index in [9.17, 15) is 9.59 Å². The molecule has 0 unspecified atom stereocenters. The number of fused-ring (bicyclic) bond motifs is 1. The molecule has 8 nitrogen and oxygen atoms in total. The van der Waals surface area contributed by atoms with Crippen LogP contribution in [0.1, 0.15) is 24.8 Å². The van der Waals surface area contributed by atoms with Gasteiger partial charge in [-0.2, -0.15) is 9.61 Å². The Morgan fingerprint density at radius 3 is 2.79 bits per heavy atom. The Morgan fingerprint density at radius 1 is 1.24 bits per heavy atom. The molecule has 3 N–H and O–H groups in total. The normalized spacial score (nSPS) is 17.8. The van der Waals surface area contributed by atoms with Gasteiger partial charge < -0.3 is 10.6 Å². The van der Waals surface area contributed by atoms with Gasteiger partial charge in [-0.3, -0.25) is 14.9 Å². The number of nitrogens with one attached hydrogen (secondary N) is 3. The zero-order valence-corrected chi connectivity index (χ0v) is 16.0. The quantitative estimate of drug-likeness (QED) is 0.443. The summed E-state index contributed by atoms with van der Waals surface area (Å²) in [6, 6.07) is 9.72. The molecule has 1 saturated carbocycles. The number of para-hydroxylation sites is 1. The Labute approximate surface area is 171 Å². The number of rotatable bonds is 5. The van der Waals surface area contributed by atoms with Crippen LogP contribution in [0.4, 0.5) is 17.3 Å². The number of hydrogen-bond acceptors (Lipinski definition) is 6. The summed E-state index contributed by atoms with van der Waals surface area (Å²) < 4.78 is 1.71. The smallest absolute Gasteiger partial charge is 0.254 e. The minimum absolute atomic E-state index is 0.0565. The van der Waals surface area contributed by atoms with Crippen molar-refractivity contribution in [2.75, 3.05) is 10.6 Å². The number of amides is 2. The van der Waals surface area contributed by atoms with E-state index in [1.807, 2.05) is 24.3 Å². The number of halogens is 1. The standard InChI is InChI=1S/C20H17ClN6O2/c21-14-3-1-2-4-15(14)24-16-9-17(23-13-5-6-13)27-19(25-16)12(10-22-27)7-11-8-18(28)26-20(11)29/h1-4,7,9-10,13,23H,5-6,8H2,(H,24,25)(H,26,28,29)/b11-7+. The number of aromatic nitrogens is 3. The van der Waals surface area contributed by atoms with Crippen LogP contribution >= 0.6 is 11.6 Å². The first-order valence-electron chi connectivity index (χ1n) is 9.28. The van der Waals surface area contributed by atoms with Crippen molar-refractivity contribution in [3.05, 3.63) is 52.7 Å². The molecule has 5 rings (SSSR count). The maximum atomic E-state index is 11.9. The number of carbonyl (C=O) groups is 2. The lowest BCUT2D eigenvalue weighted by atomic mass is 10.1. The lowest BCUT2D eigenvalue weighted by Gasteiger charge is -2.12. The second-order valence-electron chi connectivity index (χ2n) is 7.11. The fourth-order valence-electron chi connectivity index (χ4n) is 3.19. The van der Waals surface area contributed by atoms with Gasteiger partial charge in [-0.05, 0) is 31.1 Å². The van der Waals surface area contributed by atoms with Crippen molar-refractivity contribution in [1.82, 2.24) is 19.9 Å². The Balaban J connectivity index is 1.59. The molecule has 0 atom stereocenters. The predicted octanol–water partition coefficient (Wildman–Crippen LogP) is 3.13. The summed E-state index contributed by atoms with van der Waals surface area (Å²) in [5.74, 6) is 0.711. The molecule has 29 heavy (non-hydrogen) atoms. The van der Waals surface area contributed by atoms with Crippen LogP contribution in [0.5, 0.6) is 0 Å². The average Bonchev–Trinajstić information content (AvgIpc) is 3.33. The van der Waals surface area contributed by atoms with E-state index in [0.717, 1.165) is 24.3 Å². The van der Waals surface area contributed by atoms with Crippen molar-refractivity contribution >= 4 is 52.5 Å². The lowest BCUT2D eigenvalue weighted by molar-refractivity contribution is -0.124. The van der Waals surface area contributed by atoms with Gasteiger partial charge in [0.2, 0.25) is 5.91 Å². The number of imide groups is 1. The summed E-state index contributed by atoms with van der Waals surface area (Å²) in [6.07, 6.45) is 5.58. The minimum Gasteiger partial charge on any atom is -0.367 e. The summed E-state index contributed by atoms with van der Waals surface area (Å²) >= 11 is 6.27. The molecule has 2 aromatic heterocycles. The largest absolute Gasteiger partial charge is 0.367 e. The van der Waals surface area contributed by atoms with Crippen LogP contribution in [0.3, 0.4) is 0 Å². The van der Waals surface area contributed by atoms with E-state index >= 15 is 0 Å². The van der Waals surface area contributed by atoms with E-state index in [-0.39, 0.29) is 18.2 Å². The fraction of sp³-hybridized carbons (Fsp3) is 0.200. The summed E-state index contributed by atoms with van der Waals surface area (Å²) in [4.78, 5) is 28.1. The van der Waals surface area contributed by atoms with Gasteiger partial charge in [0, 0.05) is 23.2 Å². The van der Waals surface area contributed by atoms with Gasteiger partial charge in [0.1, 0.15) is 11.6 Å². The number of anilines is 3. The summed E-state index contributed by atoms with van der Waals surface area (Å²) in [6.45, 7) is 0. The van der Waals surface area contributed by atoms with Crippen LogP contribution in [0.15, 0.2) is 42.1 Å². The molecular weight excluding hydrogens is 392 g/mol. The molecule has 1 aliphatic carbocycles. The molecule has 3 aromatic rings. The molecule has 146 valence electrons. The molecule has 0 bridgehead atoms. The minimum atomic E-state index is -0.379. The zero-order valence-electron chi connectivity index (χ0n) is 15.3. The van der Waals surface area contributed by atoms with Crippen molar-refractivity contribution in [2.45, 2.75) is 25.3 Å². The number of hydrogen-bond donors (Lipinski definition) is 3.